The first kappa shape index (κ1) is 42.2. The van der Waals surface area contributed by atoms with Gasteiger partial charge in [-0.2, -0.15) is 0 Å². The van der Waals surface area contributed by atoms with Gasteiger partial charge in [0.25, 0.3) is 0 Å². The molecule has 4 N–H and O–H groups in total. The van der Waals surface area contributed by atoms with Crippen LogP contribution in [0.15, 0.2) is 36.4 Å². The predicted octanol–water partition coefficient (Wildman–Crippen LogP) is -1.06. The second-order valence-corrected chi connectivity index (χ2v) is 15.8. The fourth-order valence-corrected chi connectivity index (χ4v) is 8.26. The first-order chi connectivity index (χ1) is 28.6. The number of cyclic esters (lactones) is 1. The molecule has 60 heavy (non-hydrogen) atoms. The maximum atomic E-state index is 14.5. The average molecular weight is 841 g/mol. The highest BCUT2D eigenvalue weighted by molar-refractivity contribution is 5.98. The molecule has 0 unspecified atom stereocenters. The van der Waals surface area contributed by atoms with Crippen molar-refractivity contribution < 1.29 is 66.4 Å². The molecule has 5 aliphatic rings. The molecular weight excluding hydrogens is 794 g/mol. The van der Waals surface area contributed by atoms with Gasteiger partial charge in [0.2, 0.25) is 42.2 Å². The number of morpholine rings is 1. The molecule has 0 aliphatic carbocycles. The number of nitrogens with one attached hydrogen (secondary N) is 3. The van der Waals surface area contributed by atoms with Crippen molar-refractivity contribution in [1.29, 1.82) is 0 Å². The van der Waals surface area contributed by atoms with Crippen molar-refractivity contribution in [3.8, 4) is 11.5 Å². The third-order valence-electron chi connectivity index (χ3n) is 11.2. The lowest BCUT2D eigenvalue weighted by atomic mass is 10.0. The summed E-state index contributed by atoms with van der Waals surface area (Å²) < 4.78 is 50.6. The van der Waals surface area contributed by atoms with Crippen LogP contribution in [0.4, 0.5) is 8.78 Å². The molecule has 6 amide bonds. The summed E-state index contributed by atoms with van der Waals surface area (Å²) >= 11 is 0. The summed E-state index contributed by atoms with van der Waals surface area (Å²) in [6, 6.07) is -0.670. The molecule has 2 aromatic rings. The molecule has 2 aromatic carbocycles. The van der Waals surface area contributed by atoms with Gasteiger partial charge >= 0.3 is 5.97 Å². The predicted molar refractivity (Wildman–Crippen MR) is 200 cm³/mol. The second kappa shape index (κ2) is 17.8. The standard InChI is InChI=1S/C40H46F2N6O12/c1-20-7-30-40(56)58-17-28(38(54)48-16-26(49)14-29(48)39(55)46-5-6-57-18-31(46)36(52)43-21(2)37(53)47(30)15-20)45-35(51)27(10-23-8-24(41)13-25(42)9-23)44-34(50)12-22-3-4-32-33(11-22)60-19-59-32/h3-4,8-9,11,13,20-21,26-31,49H,5-7,10,12,14-19H2,1-2H3,(H,43,52)(H,44,50)(H,45,51)/t20-,21+,26-,27+,28+,29+,30+,31+/m1/s1. The number of rotatable bonds is 7. The van der Waals surface area contributed by atoms with Crippen LogP contribution in [0.3, 0.4) is 0 Å². The molecule has 0 radical (unpaired) electrons. The molecule has 18 nitrogen and oxygen atoms in total. The van der Waals surface area contributed by atoms with Gasteiger partial charge in [-0.25, -0.2) is 13.6 Å². The van der Waals surface area contributed by atoms with Crippen LogP contribution in [-0.2, 0) is 55.9 Å². The number of nitrogens with zero attached hydrogens (tertiary/aromatic N) is 3. The van der Waals surface area contributed by atoms with E-state index in [0.717, 1.165) is 17.0 Å². The summed E-state index contributed by atoms with van der Waals surface area (Å²) in [6.07, 6.45) is -1.95. The summed E-state index contributed by atoms with van der Waals surface area (Å²) in [6.45, 7) is 2.04. The number of carbonyl (C=O) groups excluding carboxylic acids is 7. The van der Waals surface area contributed by atoms with Gasteiger partial charge in [0.15, 0.2) is 11.5 Å². The molecule has 5 heterocycles. The Morgan fingerprint density at radius 2 is 1.57 bits per heavy atom. The Morgan fingerprint density at radius 3 is 2.33 bits per heavy atom. The molecule has 0 saturated carbocycles. The fourth-order valence-electron chi connectivity index (χ4n) is 8.26. The molecule has 0 bridgehead atoms. The van der Waals surface area contributed by atoms with Crippen LogP contribution in [0, 0.1) is 17.6 Å². The van der Waals surface area contributed by atoms with E-state index in [4.69, 9.17) is 18.9 Å². The van der Waals surface area contributed by atoms with E-state index in [1.807, 2.05) is 6.92 Å². The van der Waals surface area contributed by atoms with Crippen LogP contribution in [-0.4, -0.2) is 150 Å². The summed E-state index contributed by atoms with van der Waals surface area (Å²) in [5, 5.41) is 18.5. The Hall–Kier alpha value is -5.89. The first-order valence-corrected chi connectivity index (χ1v) is 19.7. The zero-order chi connectivity index (χ0) is 42.8. The zero-order valence-corrected chi connectivity index (χ0v) is 32.9. The van der Waals surface area contributed by atoms with Crippen LogP contribution in [0.5, 0.6) is 11.5 Å². The molecule has 0 aromatic heterocycles. The number of hydrogen-bond acceptors (Lipinski definition) is 12. The van der Waals surface area contributed by atoms with Crippen LogP contribution < -0.4 is 25.4 Å². The third kappa shape index (κ3) is 9.28. The van der Waals surface area contributed by atoms with E-state index in [9.17, 15) is 47.4 Å². The smallest absolute Gasteiger partial charge is 0.328 e. The number of aliphatic hydroxyl groups is 1. The van der Waals surface area contributed by atoms with E-state index >= 15 is 0 Å². The normalized spacial score (nSPS) is 27.7. The summed E-state index contributed by atoms with van der Waals surface area (Å²) in [7, 11) is 0. The molecule has 8 atom stereocenters. The van der Waals surface area contributed by atoms with E-state index in [2.05, 4.69) is 16.0 Å². The Morgan fingerprint density at radius 1 is 0.833 bits per heavy atom. The molecule has 5 aliphatic heterocycles. The van der Waals surface area contributed by atoms with E-state index < -0.39 is 108 Å². The Bertz CT molecular complexity index is 2040. The van der Waals surface area contributed by atoms with Gasteiger partial charge in [-0.15, -0.1) is 0 Å². The lowest BCUT2D eigenvalue weighted by Gasteiger charge is -2.39. The maximum Gasteiger partial charge on any atom is 0.328 e. The quantitative estimate of drug-likeness (QED) is 0.245. The van der Waals surface area contributed by atoms with E-state index in [0.29, 0.717) is 23.1 Å². The van der Waals surface area contributed by atoms with Crippen molar-refractivity contribution in [2.24, 2.45) is 5.92 Å². The number of esters is 1. The van der Waals surface area contributed by atoms with E-state index in [-0.39, 0.29) is 70.4 Å². The molecule has 20 heteroatoms. The van der Waals surface area contributed by atoms with Gasteiger partial charge in [0.05, 0.1) is 25.7 Å². The van der Waals surface area contributed by atoms with Gasteiger partial charge in [-0.05, 0) is 54.7 Å². The Labute approximate surface area is 342 Å². The van der Waals surface area contributed by atoms with E-state index in [1.165, 1.54) is 16.7 Å². The van der Waals surface area contributed by atoms with Gasteiger partial charge in [-0.3, -0.25) is 28.8 Å². The van der Waals surface area contributed by atoms with Gasteiger partial charge < -0.3 is 54.7 Å². The Balaban J connectivity index is 1.19. The highest BCUT2D eigenvalue weighted by atomic mass is 19.1. The van der Waals surface area contributed by atoms with Crippen molar-refractivity contribution in [2.75, 3.05) is 46.2 Å². The number of ether oxygens (including phenoxy) is 4. The summed E-state index contributed by atoms with van der Waals surface area (Å²) in [5.74, 6) is -6.71. The van der Waals surface area contributed by atoms with Crippen molar-refractivity contribution in [3.63, 3.8) is 0 Å². The first-order valence-electron chi connectivity index (χ1n) is 19.7. The van der Waals surface area contributed by atoms with Gasteiger partial charge in [0.1, 0.15) is 54.5 Å². The van der Waals surface area contributed by atoms with Crippen LogP contribution in [0.1, 0.15) is 37.8 Å². The number of aliphatic hydroxyl groups excluding tert-OH is 1. The monoisotopic (exact) mass is 840 g/mol. The lowest BCUT2D eigenvalue weighted by Crippen LogP contribution is -2.63. The number of benzene rings is 2. The number of hydrogen-bond donors (Lipinski definition) is 4. The minimum Gasteiger partial charge on any atom is -0.461 e. The topological polar surface area (TPSA) is 222 Å². The van der Waals surface area contributed by atoms with Gasteiger partial charge in [0, 0.05) is 38.5 Å². The van der Waals surface area contributed by atoms with Crippen LogP contribution in [0.2, 0.25) is 0 Å². The molecule has 0 spiro atoms. The molecule has 322 valence electrons. The minimum atomic E-state index is -1.74. The number of halogens is 2. The van der Waals surface area contributed by atoms with Crippen molar-refractivity contribution in [2.45, 2.75) is 81.9 Å². The summed E-state index contributed by atoms with van der Waals surface area (Å²) in [5.41, 5.74) is 0.470. The number of fused-ring (bicyclic) bond motifs is 4. The second-order valence-electron chi connectivity index (χ2n) is 15.8. The molecular formula is C40H46F2N6O12. The highest BCUT2D eigenvalue weighted by Gasteiger charge is 2.48. The largest absolute Gasteiger partial charge is 0.461 e. The number of carbonyl (C=O) groups is 7. The van der Waals surface area contributed by atoms with Crippen molar-refractivity contribution in [1.82, 2.24) is 30.7 Å². The van der Waals surface area contributed by atoms with E-state index in [1.54, 1.807) is 18.2 Å². The number of amides is 6. The average Bonchev–Trinajstić information content (AvgIpc) is 3.95. The SMILES string of the molecule is C[C@@H]1C[C@H]2C(=O)OC[C@H](NC(=O)[C@H](Cc3cc(F)cc(F)c3)NC(=O)Cc3ccc4c(c3)OCO4)C(=O)N3C[C@H](O)C[C@H]3C(=O)N3CCOC[C@H]3C(=O)N[C@@H](C)C(=O)N2C1. The Kier molecular flexibility index (Phi) is 12.5. The van der Waals surface area contributed by atoms with Gasteiger partial charge in [-0.1, -0.05) is 13.0 Å². The molecule has 4 saturated heterocycles. The lowest BCUT2D eigenvalue weighted by molar-refractivity contribution is -0.160. The van der Waals surface area contributed by atoms with Crippen LogP contribution >= 0.6 is 0 Å². The van der Waals surface area contributed by atoms with Crippen molar-refractivity contribution in [3.05, 3.63) is 59.2 Å². The van der Waals surface area contributed by atoms with Crippen LogP contribution in [0.25, 0.3) is 0 Å². The fraction of sp³-hybridized carbons (Fsp3) is 0.525. The summed E-state index contributed by atoms with van der Waals surface area (Å²) in [4.78, 5) is 101. The molecule has 4 fully saturated rings. The third-order valence-corrected chi connectivity index (χ3v) is 11.2. The minimum absolute atomic E-state index is 0.00181. The van der Waals surface area contributed by atoms with Crippen molar-refractivity contribution >= 4 is 41.4 Å². The zero-order valence-electron chi connectivity index (χ0n) is 32.9. The highest BCUT2D eigenvalue weighted by Crippen LogP contribution is 2.33. The molecule has 7 rings (SSSR count). The maximum absolute atomic E-state index is 14.5.